The van der Waals surface area contributed by atoms with Crippen molar-refractivity contribution >= 4 is 17.2 Å². The molecule has 154 valence electrons. The largest absolute Gasteiger partial charge is 0.463 e. The van der Waals surface area contributed by atoms with E-state index in [-0.39, 0.29) is 8.90 Å². The summed E-state index contributed by atoms with van der Waals surface area (Å²) >= 11 is 0. The van der Waals surface area contributed by atoms with Crippen LogP contribution in [0, 0.1) is 5.92 Å². The van der Waals surface area contributed by atoms with Gasteiger partial charge in [0, 0.05) is 39.0 Å². The van der Waals surface area contributed by atoms with E-state index in [1.807, 2.05) is 16.8 Å². The molecule has 0 aromatic carbocycles. The Hall–Kier alpha value is -3.43. The number of rotatable bonds is 7. The number of hydrogen-bond acceptors (Lipinski definition) is 7. The summed E-state index contributed by atoms with van der Waals surface area (Å²) < 4.78 is 9.60. The number of hydrogen-bond donors (Lipinski definition) is 2. The first-order chi connectivity index (χ1) is 14.2. The van der Waals surface area contributed by atoms with Crippen LogP contribution >= 0.6 is 0 Å². The minimum absolute atomic E-state index is 0. The summed E-state index contributed by atoms with van der Waals surface area (Å²) in [5, 5.41) is 23.0. The van der Waals surface area contributed by atoms with Gasteiger partial charge in [-0.2, -0.15) is 10.2 Å². The summed E-state index contributed by atoms with van der Waals surface area (Å²) in [6, 6.07) is 4.85. The maximum Gasteiger partial charge on any atom is 0.316 e. The van der Waals surface area contributed by atoms with Gasteiger partial charge >= 0.3 is 6.01 Å². The van der Waals surface area contributed by atoms with E-state index in [1.54, 1.807) is 23.2 Å². The van der Waals surface area contributed by atoms with Crippen molar-refractivity contribution in [3.05, 3.63) is 42.7 Å². The third-order valence-corrected chi connectivity index (χ3v) is 5.39. The molecule has 1 aliphatic carbocycles. The van der Waals surface area contributed by atoms with Crippen LogP contribution in [0.1, 0.15) is 47.2 Å². The standard InChI is InChI=1S/C19H23N9O.2H2/c1-12(2)27-11-21-26-19(27)29-10-13-7-14(8-13)15-9-17(25-24-15)23-18-16-3-4-22-28(16)6-5-20-18;;/h3-6,9,11-14H,7-8,10H2,1-2H3,(H2,20,23,24,25);2*1H. The molecule has 0 bridgehead atoms. The Morgan fingerprint density at radius 2 is 2.24 bits per heavy atom. The second kappa shape index (κ2) is 7.19. The molecule has 1 saturated carbocycles. The van der Waals surface area contributed by atoms with Crippen molar-refractivity contribution in [1.82, 2.24) is 39.6 Å². The third kappa shape index (κ3) is 3.41. The molecule has 0 radical (unpaired) electrons. The lowest BCUT2D eigenvalue weighted by Gasteiger charge is -2.34. The maximum absolute atomic E-state index is 5.88. The van der Waals surface area contributed by atoms with E-state index in [0.29, 0.717) is 24.5 Å². The van der Waals surface area contributed by atoms with E-state index < -0.39 is 0 Å². The van der Waals surface area contributed by atoms with Crippen molar-refractivity contribution in [2.45, 2.75) is 38.6 Å². The molecule has 29 heavy (non-hydrogen) atoms. The summed E-state index contributed by atoms with van der Waals surface area (Å²) in [5.41, 5.74) is 2.04. The lowest BCUT2D eigenvalue weighted by atomic mass is 9.74. The molecule has 2 N–H and O–H groups in total. The summed E-state index contributed by atoms with van der Waals surface area (Å²) in [5.74, 6) is 2.47. The first-order valence-electron chi connectivity index (χ1n) is 9.80. The Morgan fingerprint density at radius 1 is 1.34 bits per heavy atom. The van der Waals surface area contributed by atoms with E-state index in [2.05, 4.69) is 55.7 Å². The van der Waals surface area contributed by atoms with E-state index >= 15 is 0 Å². The molecule has 4 heterocycles. The van der Waals surface area contributed by atoms with Crippen molar-refractivity contribution in [3.8, 4) is 6.01 Å². The number of aromatic amines is 1. The van der Waals surface area contributed by atoms with Crippen molar-refractivity contribution in [1.29, 1.82) is 0 Å². The summed E-state index contributed by atoms with van der Waals surface area (Å²) in [6.45, 7) is 4.83. The fraction of sp³-hybridized carbons (Fsp3) is 0.421. The minimum Gasteiger partial charge on any atom is -0.463 e. The highest BCUT2D eigenvalue weighted by atomic mass is 16.5. The Morgan fingerprint density at radius 3 is 3.10 bits per heavy atom. The SMILES string of the molecule is CC(C)n1cnnc1OCC1CC(c2cc(Nc3nccn4nccc34)n[nH]2)C1.[HH].[HH]. The summed E-state index contributed by atoms with van der Waals surface area (Å²) in [7, 11) is 0. The Kier molecular flexibility index (Phi) is 4.38. The topological polar surface area (TPSA) is 111 Å². The number of ether oxygens (including phenoxy) is 1. The van der Waals surface area contributed by atoms with Gasteiger partial charge in [0.25, 0.3) is 0 Å². The van der Waals surface area contributed by atoms with E-state index in [0.717, 1.165) is 35.7 Å². The average molecular weight is 397 g/mol. The van der Waals surface area contributed by atoms with Gasteiger partial charge < -0.3 is 10.1 Å². The molecule has 10 nitrogen and oxygen atoms in total. The number of aromatic nitrogens is 8. The molecule has 4 aromatic rings. The highest BCUT2D eigenvalue weighted by molar-refractivity contribution is 5.71. The van der Waals surface area contributed by atoms with Crippen LogP contribution in [0.5, 0.6) is 6.01 Å². The number of H-pyrrole nitrogens is 1. The van der Waals surface area contributed by atoms with Crippen LogP contribution in [-0.2, 0) is 0 Å². The summed E-state index contributed by atoms with van der Waals surface area (Å²) in [4.78, 5) is 4.39. The number of anilines is 2. The monoisotopic (exact) mass is 397 g/mol. The van der Waals surface area contributed by atoms with E-state index in [1.165, 1.54) is 0 Å². The van der Waals surface area contributed by atoms with Crippen LogP contribution in [0.2, 0.25) is 0 Å². The van der Waals surface area contributed by atoms with Crippen molar-refractivity contribution in [2.75, 3.05) is 11.9 Å². The fourth-order valence-corrected chi connectivity index (χ4v) is 3.69. The van der Waals surface area contributed by atoms with Crippen LogP contribution in [0.3, 0.4) is 0 Å². The first-order valence-corrected chi connectivity index (χ1v) is 9.80. The van der Waals surface area contributed by atoms with E-state index in [4.69, 9.17) is 4.74 Å². The zero-order valence-electron chi connectivity index (χ0n) is 16.4. The average Bonchev–Trinajstić information content (AvgIpc) is 3.41. The predicted octanol–water partition coefficient (Wildman–Crippen LogP) is 3.43. The van der Waals surface area contributed by atoms with Gasteiger partial charge in [0.15, 0.2) is 11.6 Å². The van der Waals surface area contributed by atoms with Gasteiger partial charge in [-0.05, 0) is 38.7 Å². The molecule has 10 heteroatoms. The highest BCUT2D eigenvalue weighted by Gasteiger charge is 2.32. The zero-order chi connectivity index (χ0) is 19.8. The molecule has 0 saturated heterocycles. The normalized spacial score (nSPS) is 18.9. The fourth-order valence-electron chi connectivity index (χ4n) is 3.69. The molecule has 1 aliphatic rings. The number of fused-ring (bicyclic) bond motifs is 1. The maximum atomic E-state index is 5.88. The molecular weight excluding hydrogens is 370 g/mol. The van der Waals surface area contributed by atoms with Crippen LogP contribution in [0.25, 0.3) is 5.52 Å². The molecule has 5 rings (SSSR count). The molecule has 0 spiro atoms. The molecule has 4 aromatic heterocycles. The Labute approximate surface area is 170 Å². The van der Waals surface area contributed by atoms with E-state index in [9.17, 15) is 0 Å². The van der Waals surface area contributed by atoms with Gasteiger partial charge in [0.2, 0.25) is 0 Å². The molecule has 0 amide bonds. The number of nitrogens with one attached hydrogen (secondary N) is 2. The quantitative estimate of drug-likeness (QED) is 0.491. The van der Waals surface area contributed by atoms with Gasteiger partial charge in [-0.25, -0.2) is 9.50 Å². The van der Waals surface area contributed by atoms with Crippen LogP contribution in [0.15, 0.2) is 37.1 Å². The zero-order valence-corrected chi connectivity index (χ0v) is 16.4. The van der Waals surface area contributed by atoms with Gasteiger partial charge in [-0.1, -0.05) is 5.10 Å². The molecule has 0 unspecified atom stereocenters. The van der Waals surface area contributed by atoms with Crippen LogP contribution < -0.4 is 10.1 Å². The lowest BCUT2D eigenvalue weighted by Crippen LogP contribution is -2.28. The van der Waals surface area contributed by atoms with Gasteiger partial charge in [-0.15, -0.1) is 5.10 Å². The van der Waals surface area contributed by atoms with Gasteiger partial charge in [0.1, 0.15) is 11.8 Å². The van der Waals surface area contributed by atoms with Crippen molar-refractivity contribution < 1.29 is 7.59 Å². The second-order valence-electron chi connectivity index (χ2n) is 7.73. The van der Waals surface area contributed by atoms with Gasteiger partial charge in [-0.3, -0.25) is 9.67 Å². The predicted molar refractivity (Wildman–Crippen MR) is 110 cm³/mol. The van der Waals surface area contributed by atoms with Crippen molar-refractivity contribution in [2.24, 2.45) is 5.92 Å². The molecule has 0 aliphatic heterocycles. The third-order valence-electron chi connectivity index (χ3n) is 5.39. The smallest absolute Gasteiger partial charge is 0.316 e. The summed E-state index contributed by atoms with van der Waals surface area (Å²) in [6.07, 6.45) is 9.12. The first kappa shape index (κ1) is 17.7. The molecule has 1 fully saturated rings. The van der Waals surface area contributed by atoms with Gasteiger partial charge in [0.05, 0.1) is 12.8 Å². The van der Waals surface area contributed by atoms with Crippen LogP contribution in [0.4, 0.5) is 11.6 Å². The molecular formula is C19H27N9O. The van der Waals surface area contributed by atoms with Crippen LogP contribution in [-0.4, -0.2) is 46.2 Å². The minimum atomic E-state index is 0. The highest BCUT2D eigenvalue weighted by Crippen LogP contribution is 2.41. The second-order valence-corrected chi connectivity index (χ2v) is 7.73. The molecule has 0 atom stereocenters. The lowest BCUT2D eigenvalue weighted by molar-refractivity contribution is 0.142. The van der Waals surface area contributed by atoms with Crippen molar-refractivity contribution in [3.63, 3.8) is 0 Å². The number of nitrogens with zero attached hydrogens (tertiary/aromatic N) is 7. The Bertz CT molecular complexity index is 1120. The Balaban J connectivity index is 0.00000136.